The van der Waals surface area contributed by atoms with Crippen LogP contribution in [-0.2, 0) is 0 Å². The maximum atomic E-state index is 3.33. The highest BCUT2D eigenvalue weighted by Crippen LogP contribution is 2.14. The SMILES string of the molecule is CCC[Si](C)(C)c1ccc(C#Cc2ccc([Si](C)(C)CCC)cc2)cc1. The van der Waals surface area contributed by atoms with E-state index >= 15 is 0 Å². The van der Waals surface area contributed by atoms with E-state index in [1.54, 1.807) is 0 Å². The molecular weight excluding hydrogens is 344 g/mol. The molecule has 0 bridgehead atoms. The van der Waals surface area contributed by atoms with Crippen molar-refractivity contribution in [3.8, 4) is 11.8 Å². The molecule has 0 N–H and O–H groups in total. The molecule has 0 nitrogen and oxygen atoms in total. The molecule has 0 saturated heterocycles. The van der Waals surface area contributed by atoms with Gasteiger partial charge in [-0.3, -0.25) is 0 Å². The molecule has 0 atom stereocenters. The van der Waals surface area contributed by atoms with Gasteiger partial charge in [0.15, 0.2) is 0 Å². The van der Waals surface area contributed by atoms with Crippen molar-refractivity contribution in [2.75, 3.05) is 0 Å². The Morgan fingerprint density at radius 1 is 0.577 bits per heavy atom. The van der Waals surface area contributed by atoms with Gasteiger partial charge in [-0.05, 0) is 24.3 Å². The zero-order valence-electron chi connectivity index (χ0n) is 17.4. The summed E-state index contributed by atoms with van der Waals surface area (Å²) < 4.78 is 0. The first-order valence-electron chi connectivity index (χ1n) is 10.0. The summed E-state index contributed by atoms with van der Waals surface area (Å²) in [6, 6.07) is 20.7. The molecule has 2 heteroatoms. The fraction of sp³-hybridized carbons (Fsp3) is 0.417. The Hall–Kier alpha value is -1.57. The summed E-state index contributed by atoms with van der Waals surface area (Å²) >= 11 is 0. The quantitative estimate of drug-likeness (QED) is 0.444. The number of rotatable bonds is 6. The van der Waals surface area contributed by atoms with Crippen LogP contribution < -0.4 is 10.4 Å². The monoisotopic (exact) mass is 378 g/mol. The van der Waals surface area contributed by atoms with Gasteiger partial charge in [0.05, 0.1) is 16.1 Å². The first kappa shape index (κ1) is 20.7. The van der Waals surface area contributed by atoms with Gasteiger partial charge in [-0.15, -0.1) is 0 Å². The summed E-state index contributed by atoms with van der Waals surface area (Å²) in [5.74, 6) is 6.66. The molecule has 0 radical (unpaired) electrons. The smallest absolute Gasteiger partial charge is 0.0656 e. The maximum absolute atomic E-state index is 3.33. The Morgan fingerprint density at radius 2 is 0.885 bits per heavy atom. The Labute approximate surface area is 163 Å². The summed E-state index contributed by atoms with van der Waals surface area (Å²) in [4.78, 5) is 0. The van der Waals surface area contributed by atoms with Gasteiger partial charge in [0, 0.05) is 11.1 Å². The van der Waals surface area contributed by atoms with Gasteiger partial charge in [-0.2, -0.15) is 0 Å². The number of benzene rings is 2. The third kappa shape index (κ3) is 5.46. The highest BCUT2D eigenvalue weighted by Gasteiger charge is 2.22. The molecule has 0 aromatic heterocycles. The highest BCUT2D eigenvalue weighted by atomic mass is 28.3. The van der Waals surface area contributed by atoms with Crippen molar-refractivity contribution in [1.29, 1.82) is 0 Å². The van der Waals surface area contributed by atoms with E-state index in [4.69, 9.17) is 0 Å². The summed E-state index contributed by atoms with van der Waals surface area (Å²) in [5.41, 5.74) is 2.22. The van der Waals surface area contributed by atoms with Crippen LogP contribution in [0.1, 0.15) is 37.8 Å². The van der Waals surface area contributed by atoms with E-state index < -0.39 is 16.1 Å². The third-order valence-corrected chi connectivity index (χ3v) is 12.7. The molecule has 0 aliphatic rings. The Morgan fingerprint density at radius 3 is 1.15 bits per heavy atom. The molecule has 0 saturated carbocycles. The van der Waals surface area contributed by atoms with Crippen molar-refractivity contribution in [1.82, 2.24) is 0 Å². The van der Waals surface area contributed by atoms with Crippen LogP contribution in [0.25, 0.3) is 0 Å². The molecule has 0 aliphatic heterocycles. The van der Waals surface area contributed by atoms with Gasteiger partial charge < -0.3 is 0 Å². The van der Waals surface area contributed by atoms with E-state index in [-0.39, 0.29) is 0 Å². The minimum absolute atomic E-state index is 1.11. The molecule has 0 aliphatic carbocycles. The molecule has 0 fully saturated rings. The molecule has 0 spiro atoms. The average Bonchev–Trinajstić information content (AvgIpc) is 2.60. The van der Waals surface area contributed by atoms with Gasteiger partial charge in [0.2, 0.25) is 0 Å². The fourth-order valence-corrected chi connectivity index (χ4v) is 8.91. The molecule has 26 heavy (non-hydrogen) atoms. The van der Waals surface area contributed by atoms with Crippen LogP contribution in [0.15, 0.2) is 48.5 Å². The lowest BCUT2D eigenvalue weighted by Crippen LogP contribution is -2.40. The zero-order valence-corrected chi connectivity index (χ0v) is 19.4. The van der Waals surface area contributed by atoms with Crippen molar-refractivity contribution < 1.29 is 0 Å². The normalized spacial score (nSPS) is 11.8. The molecule has 0 unspecified atom stereocenters. The van der Waals surface area contributed by atoms with Crippen molar-refractivity contribution >= 4 is 26.5 Å². The van der Waals surface area contributed by atoms with E-state index in [1.165, 1.54) is 35.3 Å². The van der Waals surface area contributed by atoms with Crippen molar-refractivity contribution in [3.63, 3.8) is 0 Å². The van der Waals surface area contributed by atoms with Crippen molar-refractivity contribution in [2.45, 2.75) is 65.0 Å². The van der Waals surface area contributed by atoms with Gasteiger partial charge in [0.25, 0.3) is 0 Å². The molecule has 138 valence electrons. The molecule has 2 rings (SSSR count). The van der Waals surface area contributed by atoms with Crippen molar-refractivity contribution in [3.05, 3.63) is 59.7 Å². The van der Waals surface area contributed by atoms with Crippen LogP contribution >= 0.6 is 0 Å². The molecule has 2 aromatic rings. The largest absolute Gasteiger partial charge is 0.0806 e. The number of hydrogen-bond acceptors (Lipinski definition) is 0. The zero-order chi connectivity index (χ0) is 19.2. The van der Waals surface area contributed by atoms with E-state index in [2.05, 4.69) is 100 Å². The highest BCUT2D eigenvalue weighted by molar-refractivity contribution is 6.90. The maximum Gasteiger partial charge on any atom is 0.0806 e. The Bertz CT molecular complexity index is 691. The lowest BCUT2D eigenvalue weighted by molar-refractivity contribution is 1.05. The second-order valence-electron chi connectivity index (χ2n) is 8.67. The Balaban J connectivity index is 2.12. The standard InChI is InChI=1S/C24H34Si2/c1-7-19-25(3,4)23-15-11-21(12-16-23)9-10-22-13-17-24(18-14-22)26(5,6)20-8-2/h11-18H,7-8,19-20H2,1-6H3. The topological polar surface area (TPSA) is 0 Å². The first-order chi connectivity index (χ1) is 12.3. The van der Waals surface area contributed by atoms with E-state index in [1.807, 2.05) is 0 Å². The molecular formula is C24H34Si2. The van der Waals surface area contributed by atoms with E-state index in [0.29, 0.717) is 0 Å². The van der Waals surface area contributed by atoms with Crippen LogP contribution in [0.5, 0.6) is 0 Å². The summed E-state index contributed by atoms with van der Waals surface area (Å²) in [5, 5.41) is 3.08. The molecule has 0 amide bonds. The lowest BCUT2D eigenvalue weighted by Gasteiger charge is -2.22. The fourth-order valence-electron chi connectivity index (χ4n) is 3.69. The Kier molecular flexibility index (Phi) is 7.09. The first-order valence-corrected chi connectivity index (χ1v) is 16.4. The van der Waals surface area contributed by atoms with Gasteiger partial charge in [-0.25, -0.2) is 0 Å². The van der Waals surface area contributed by atoms with Crippen LogP contribution in [0.3, 0.4) is 0 Å². The second kappa shape index (κ2) is 8.88. The minimum atomic E-state index is -1.26. The van der Waals surface area contributed by atoms with Crippen LogP contribution in [0, 0.1) is 11.8 Å². The molecule has 2 aromatic carbocycles. The van der Waals surface area contributed by atoms with E-state index in [0.717, 1.165) is 11.1 Å². The second-order valence-corrected chi connectivity index (χ2v) is 18.4. The third-order valence-electron chi connectivity index (χ3n) is 5.43. The minimum Gasteiger partial charge on any atom is -0.0656 e. The summed E-state index contributed by atoms with van der Waals surface area (Å²) in [7, 11) is -2.53. The van der Waals surface area contributed by atoms with Crippen LogP contribution in [0.4, 0.5) is 0 Å². The molecule has 0 heterocycles. The predicted octanol–water partition coefficient (Wildman–Crippen LogP) is 5.74. The van der Waals surface area contributed by atoms with Gasteiger partial charge in [0.1, 0.15) is 0 Å². The van der Waals surface area contributed by atoms with E-state index in [9.17, 15) is 0 Å². The van der Waals surface area contributed by atoms with Gasteiger partial charge in [-0.1, -0.05) is 111 Å². The van der Waals surface area contributed by atoms with Gasteiger partial charge >= 0.3 is 0 Å². The summed E-state index contributed by atoms with van der Waals surface area (Å²) in [6.45, 7) is 14.4. The van der Waals surface area contributed by atoms with Crippen molar-refractivity contribution in [2.24, 2.45) is 0 Å². The lowest BCUT2D eigenvalue weighted by atomic mass is 10.2. The van der Waals surface area contributed by atoms with Crippen LogP contribution in [-0.4, -0.2) is 16.1 Å². The average molecular weight is 379 g/mol. The predicted molar refractivity (Wildman–Crippen MR) is 123 cm³/mol. The summed E-state index contributed by atoms with van der Waals surface area (Å²) in [6.07, 6.45) is 2.55. The van der Waals surface area contributed by atoms with Crippen LogP contribution in [0.2, 0.25) is 38.3 Å². The number of hydrogen-bond donors (Lipinski definition) is 0.